The second kappa shape index (κ2) is 9.34. The van der Waals surface area contributed by atoms with E-state index >= 15 is 0 Å². The van der Waals surface area contributed by atoms with Crippen LogP contribution in [0.15, 0.2) is 0 Å². The van der Waals surface area contributed by atoms with Crippen LogP contribution in [0.5, 0.6) is 0 Å². The average molecular weight is 442 g/mol. The minimum absolute atomic E-state index is 0.177. The molecule has 8 heteroatoms. The molecule has 3 aliphatic rings. The lowest BCUT2D eigenvalue weighted by Crippen LogP contribution is -2.52. The Balaban J connectivity index is 1.51. The standard InChI is InChI=1S/C24H35N5O3/c1-17(2)22-20-16-32-24(3,4)13-18(20)19(14-25)23(26-22)29-7-5-27(6-8-29)15-21(30)28-9-11-31-12-10-28/h17H,5-13,15-16H2,1-4H3. The van der Waals surface area contributed by atoms with Gasteiger partial charge in [-0.05, 0) is 25.3 Å². The molecule has 3 aliphatic heterocycles. The number of hydrogen-bond acceptors (Lipinski definition) is 7. The maximum absolute atomic E-state index is 12.6. The number of rotatable bonds is 4. The van der Waals surface area contributed by atoms with Crippen LogP contribution in [0.1, 0.15) is 56.0 Å². The van der Waals surface area contributed by atoms with E-state index in [0.29, 0.717) is 51.4 Å². The first-order chi connectivity index (χ1) is 15.3. The summed E-state index contributed by atoms with van der Waals surface area (Å²) < 4.78 is 11.4. The molecule has 4 heterocycles. The maximum atomic E-state index is 12.6. The predicted octanol–water partition coefficient (Wildman–Crippen LogP) is 1.91. The number of carbonyl (C=O) groups is 1. The predicted molar refractivity (Wildman–Crippen MR) is 122 cm³/mol. The Bertz CT molecular complexity index is 894. The fourth-order valence-electron chi connectivity index (χ4n) is 4.82. The monoisotopic (exact) mass is 441 g/mol. The van der Waals surface area contributed by atoms with E-state index in [-0.39, 0.29) is 17.4 Å². The second-order valence-corrected chi connectivity index (χ2v) is 9.90. The van der Waals surface area contributed by atoms with E-state index in [4.69, 9.17) is 14.5 Å². The van der Waals surface area contributed by atoms with Gasteiger partial charge in [-0.25, -0.2) is 4.98 Å². The van der Waals surface area contributed by atoms with E-state index in [1.165, 1.54) is 0 Å². The van der Waals surface area contributed by atoms with Crippen LogP contribution in [0.2, 0.25) is 0 Å². The highest BCUT2D eigenvalue weighted by Gasteiger charge is 2.34. The average Bonchev–Trinajstić information content (AvgIpc) is 2.78. The molecule has 1 amide bonds. The van der Waals surface area contributed by atoms with Crippen molar-refractivity contribution in [3.8, 4) is 6.07 Å². The number of carbonyl (C=O) groups excluding carboxylic acids is 1. The Labute approximate surface area is 191 Å². The summed E-state index contributed by atoms with van der Waals surface area (Å²) in [7, 11) is 0. The molecule has 0 radical (unpaired) electrons. The van der Waals surface area contributed by atoms with Crippen molar-refractivity contribution in [1.29, 1.82) is 5.26 Å². The molecule has 0 N–H and O–H groups in total. The number of pyridine rings is 1. The Morgan fingerprint density at radius 1 is 1.12 bits per heavy atom. The number of anilines is 1. The number of morpholine rings is 1. The molecule has 1 aromatic rings. The number of piperazine rings is 1. The molecule has 1 aromatic heterocycles. The smallest absolute Gasteiger partial charge is 0.236 e. The van der Waals surface area contributed by atoms with Crippen LogP contribution in [-0.4, -0.2) is 85.3 Å². The summed E-state index contributed by atoms with van der Waals surface area (Å²) >= 11 is 0. The van der Waals surface area contributed by atoms with Gasteiger partial charge in [-0.1, -0.05) is 13.8 Å². The van der Waals surface area contributed by atoms with Crippen molar-refractivity contribution in [3.05, 3.63) is 22.4 Å². The Morgan fingerprint density at radius 2 is 1.81 bits per heavy atom. The van der Waals surface area contributed by atoms with Crippen LogP contribution in [0.3, 0.4) is 0 Å². The van der Waals surface area contributed by atoms with E-state index < -0.39 is 0 Å². The van der Waals surface area contributed by atoms with Gasteiger partial charge in [0.2, 0.25) is 5.91 Å². The normalized spacial score (nSPS) is 21.4. The molecule has 0 saturated carbocycles. The molecule has 0 bridgehead atoms. The highest BCUT2D eigenvalue weighted by molar-refractivity contribution is 5.78. The van der Waals surface area contributed by atoms with Gasteiger partial charge in [0.1, 0.15) is 11.9 Å². The van der Waals surface area contributed by atoms with Crippen molar-refractivity contribution in [3.63, 3.8) is 0 Å². The lowest BCUT2D eigenvalue weighted by atomic mass is 9.86. The molecule has 4 rings (SSSR count). The number of fused-ring (bicyclic) bond motifs is 1. The molecule has 174 valence electrons. The van der Waals surface area contributed by atoms with Gasteiger partial charge in [-0.3, -0.25) is 9.69 Å². The zero-order valence-electron chi connectivity index (χ0n) is 19.8. The van der Waals surface area contributed by atoms with Crippen molar-refractivity contribution in [2.24, 2.45) is 0 Å². The summed E-state index contributed by atoms with van der Waals surface area (Å²) in [6.07, 6.45) is 0.717. The summed E-state index contributed by atoms with van der Waals surface area (Å²) in [6.45, 7) is 15.1. The molecule has 2 fully saturated rings. The lowest BCUT2D eigenvalue weighted by molar-refractivity contribution is -0.136. The Hall–Kier alpha value is -2.21. The summed E-state index contributed by atoms with van der Waals surface area (Å²) in [5.41, 5.74) is 3.63. The minimum Gasteiger partial charge on any atom is -0.378 e. The molecule has 8 nitrogen and oxygen atoms in total. The van der Waals surface area contributed by atoms with Gasteiger partial charge in [0.25, 0.3) is 0 Å². The van der Waals surface area contributed by atoms with Crippen molar-refractivity contribution in [1.82, 2.24) is 14.8 Å². The minimum atomic E-state index is -0.288. The molecule has 0 unspecified atom stereocenters. The summed E-state index contributed by atoms with van der Waals surface area (Å²) in [5.74, 6) is 1.23. The number of amides is 1. The van der Waals surface area contributed by atoms with Gasteiger partial charge in [-0.15, -0.1) is 0 Å². The third-order valence-electron chi connectivity index (χ3n) is 6.69. The summed E-state index contributed by atoms with van der Waals surface area (Å²) in [6, 6.07) is 2.47. The molecule has 0 spiro atoms. The first-order valence-corrected chi connectivity index (χ1v) is 11.7. The van der Waals surface area contributed by atoms with E-state index in [2.05, 4.69) is 43.6 Å². The first kappa shape index (κ1) is 23.0. The van der Waals surface area contributed by atoms with Gasteiger partial charge in [-0.2, -0.15) is 5.26 Å². The Morgan fingerprint density at radius 3 is 2.44 bits per heavy atom. The number of nitrogens with zero attached hydrogens (tertiary/aromatic N) is 5. The molecular weight excluding hydrogens is 406 g/mol. The van der Waals surface area contributed by atoms with E-state index in [9.17, 15) is 10.1 Å². The van der Waals surface area contributed by atoms with Gasteiger partial charge in [0, 0.05) is 51.3 Å². The van der Waals surface area contributed by atoms with E-state index in [1.54, 1.807) is 0 Å². The second-order valence-electron chi connectivity index (χ2n) is 9.90. The summed E-state index contributed by atoms with van der Waals surface area (Å²) in [5, 5.41) is 10.1. The molecule has 0 aromatic carbocycles. The molecule has 2 saturated heterocycles. The van der Waals surface area contributed by atoms with Gasteiger partial charge >= 0.3 is 0 Å². The highest BCUT2D eigenvalue weighted by Crippen LogP contribution is 2.37. The Kier molecular flexibility index (Phi) is 6.70. The fraction of sp³-hybridized carbons (Fsp3) is 0.708. The van der Waals surface area contributed by atoms with E-state index in [0.717, 1.165) is 48.8 Å². The van der Waals surface area contributed by atoms with Crippen LogP contribution in [0.4, 0.5) is 5.82 Å². The maximum Gasteiger partial charge on any atom is 0.236 e. The zero-order valence-corrected chi connectivity index (χ0v) is 19.8. The third-order valence-corrected chi connectivity index (χ3v) is 6.69. The molecule has 32 heavy (non-hydrogen) atoms. The number of ether oxygens (including phenoxy) is 2. The first-order valence-electron chi connectivity index (χ1n) is 11.7. The number of aromatic nitrogens is 1. The van der Waals surface area contributed by atoms with E-state index in [1.807, 2.05) is 4.90 Å². The number of hydrogen-bond donors (Lipinski definition) is 0. The topological polar surface area (TPSA) is 81.9 Å². The van der Waals surface area contributed by atoms with Gasteiger partial charge in [0.15, 0.2) is 0 Å². The summed E-state index contributed by atoms with van der Waals surface area (Å²) in [4.78, 5) is 23.9. The fourth-order valence-corrected chi connectivity index (χ4v) is 4.82. The quantitative estimate of drug-likeness (QED) is 0.706. The van der Waals surface area contributed by atoms with Crippen LogP contribution < -0.4 is 4.90 Å². The van der Waals surface area contributed by atoms with Gasteiger partial charge < -0.3 is 19.3 Å². The van der Waals surface area contributed by atoms with Crippen LogP contribution in [0.25, 0.3) is 0 Å². The number of nitriles is 1. The lowest BCUT2D eigenvalue weighted by Gasteiger charge is -2.39. The SMILES string of the molecule is CC(C)c1nc(N2CCN(CC(=O)N3CCOCC3)CC2)c(C#N)c2c1COC(C)(C)C2. The van der Waals surface area contributed by atoms with Crippen molar-refractivity contribution in [2.75, 3.05) is 63.9 Å². The van der Waals surface area contributed by atoms with Crippen molar-refractivity contribution < 1.29 is 14.3 Å². The van der Waals surface area contributed by atoms with Gasteiger partial charge in [0.05, 0.1) is 43.2 Å². The van der Waals surface area contributed by atoms with Crippen molar-refractivity contribution >= 4 is 11.7 Å². The zero-order chi connectivity index (χ0) is 22.9. The molecule has 0 atom stereocenters. The largest absolute Gasteiger partial charge is 0.378 e. The molecule has 0 aliphatic carbocycles. The van der Waals surface area contributed by atoms with Crippen LogP contribution in [0, 0.1) is 11.3 Å². The molecular formula is C24H35N5O3. The van der Waals surface area contributed by atoms with Crippen LogP contribution in [-0.2, 0) is 27.3 Å². The highest BCUT2D eigenvalue weighted by atomic mass is 16.5. The van der Waals surface area contributed by atoms with Crippen LogP contribution >= 0.6 is 0 Å². The third kappa shape index (κ3) is 4.75. The van der Waals surface area contributed by atoms with Crippen molar-refractivity contribution in [2.45, 2.75) is 52.2 Å².